The topological polar surface area (TPSA) is 41.1 Å². The second-order valence-electron chi connectivity index (χ2n) is 3.80. The second kappa shape index (κ2) is 5.50. The van der Waals surface area contributed by atoms with E-state index in [9.17, 15) is 0 Å². The third-order valence-corrected chi connectivity index (χ3v) is 3.53. The Morgan fingerprint density at radius 1 is 1.44 bits per heavy atom. The van der Waals surface area contributed by atoms with E-state index >= 15 is 0 Å². The summed E-state index contributed by atoms with van der Waals surface area (Å²) in [5.74, 6) is 0.878. The third kappa shape index (κ3) is 2.47. The first-order chi connectivity index (χ1) is 7.85. The predicted molar refractivity (Wildman–Crippen MR) is 68.3 cm³/mol. The summed E-state index contributed by atoms with van der Waals surface area (Å²) in [6.45, 7) is 6.18. The molecule has 0 amide bonds. The largest absolute Gasteiger partial charge is 0.338 e. The van der Waals surface area contributed by atoms with E-state index in [0.717, 1.165) is 43.6 Å². The predicted octanol–water partition coefficient (Wildman–Crippen LogP) is 1.17. The van der Waals surface area contributed by atoms with Crippen molar-refractivity contribution in [3.63, 3.8) is 0 Å². The van der Waals surface area contributed by atoms with Gasteiger partial charge in [0.1, 0.15) is 5.03 Å². The molecule has 0 radical (unpaired) electrons. The number of hydrogen-bond donors (Lipinski definition) is 1. The van der Waals surface area contributed by atoms with E-state index < -0.39 is 0 Å². The molecule has 5 heteroatoms. The van der Waals surface area contributed by atoms with E-state index in [1.807, 2.05) is 6.20 Å². The van der Waals surface area contributed by atoms with Crippen LogP contribution in [0.2, 0.25) is 0 Å². The normalized spacial score (nSPS) is 16.5. The van der Waals surface area contributed by atoms with Gasteiger partial charge in [-0.2, -0.15) is 0 Å². The van der Waals surface area contributed by atoms with E-state index in [1.54, 1.807) is 11.8 Å². The Labute approximate surface area is 101 Å². The summed E-state index contributed by atoms with van der Waals surface area (Å²) in [5, 5.41) is 4.45. The summed E-state index contributed by atoms with van der Waals surface area (Å²) in [5.41, 5.74) is 1.24. The number of nitrogens with one attached hydrogen (secondary N) is 1. The van der Waals surface area contributed by atoms with Crippen LogP contribution in [0.25, 0.3) is 0 Å². The van der Waals surface area contributed by atoms with E-state index in [-0.39, 0.29) is 0 Å². The van der Waals surface area contributed by atoms with E-state index in [1.165, 1.54) is 5.56 Å². The highest BCUT2D eigenvalue weighted by atomic mass is 32.2. The van der Waals surface area contributed by atoms with Crippen LogP contribution in [0.5, 0.6) is 0 Å². The van der Waals surface area contributed by atoms with Gasteiger partial charge < -0.3 is 10.2 Å². The number of thioether (sulfide) groups is 1. The molecule has 88 valence electrons. The Kier molecular flexibility index (Phi) is 4.01. The average molecular weight is 238 g/mol. The first-order valence-electron chi connectivity index (χ1n) is 5.70. The molecule has 1 N–H and O–H groups in total. The molecule has 4 nitrogen and oxygen atoms in total. The zero-order valence-corrected chi connectivity index (χ0v) is 10.7. The fraction of sp³-hybridized carbons (Fsp3) is 0.636. The number of nitrogens with zero attached hydrogens (tertiary/aromatic N) is 3. The van der Waals surface area contributed by atoms with Crippen LogP contribution in [0.4, 0.5) is 5.95 Å². The molecule has 0 aromatic carbocycles. The summed E-state index contributed by atoms with van der Waals surface area (Å²) in [7, 11) is 0. The summed E-state index contributed by atoms with van der Waals surface area (Å²) in [6.07, 6.45) is 5.04. The minimum Gasteiger partial charge on any atom is -0.338 e. The van der Waals surface area contributed by atoms with Gasteiger partial charge in [-0.1, -0.05) is 6.92 Å². The molecule has 1 fully saturated rings. The van der Waals surface area contributed by atoms with Crippen molar-refractivity contribution in [3.8, 4) is 0 Å². The lowest BCUT2D eigenvalue weighted by molar-refractivity contribution is 0.577. The summed E-state index contributed by atoms with van der Waals surface area (Å²) < 4.78 is 0. The van der Waals surface area contributed by atoms with Gasteiger partial charge in [0, 0.05) is 37.9 Å². The van der Waals surface area contributed by atoms with Gasteiger partial charge in [0.15, 0.2) is 0 Å². The third-order valence-electron chi connectivity index (χ3n) is 2.79. The van der Waals surface area contributed by atoms with Gasteiger partial charge in [0.05, 0.1) is 0 Å². The van der Waals surface area contributed by atoms with Crippen LogP contribution in [0.1, 0.15) is 12.5 Å². The van der Waals surface area contributed by atoms with E-state index in [4.69, 9.17) is 0 Å². The van der Waals surface area contributed by atoms with Gasteiger partial charge in [-0.3, -0.25) is 0 Å². The number of rotatable bonds is 3. The molecule has 1 saturated heterocycles. The molecule has 2 rings (SSSR count). The number of aromatic nitrogens is 2. The van der Waals surface area contributed by atoms with Crippen molar-refractivity contribution in [2.75, 3.05) is 37.3 Å². The number of anilines is 1. The van der Waals surface area contributed by atoms with Gasteiger partial charge >= 0.3 is 0 Å². The fourth-order valence-corrected chi connectivity index (χ4v) is 2.45. The molecule has 1 aliphatic heterocycles. The zero-order valence-electron chi connectivity index (χ0n) is 9.86. The molecule has 2 heterocycles. The van der Waals surface area contributed by atoms with Crippen molar-refractivity contribution in [1.82, 2.24) is 15.3 Å². The first-order valence-corrected chi connectivity index (χ1v) is 6.93. The lowest BCUT2D eigenvalue weighted by atomic mass is 10.3. The van der Waals surface area contributed by atoms with E-state index in [2.05, 4.69) is 33.4 Å². The number of aryl methyl sites for hydroxylation is 1. The standard InChI is InChI=1S/C11H18N4S/c1-3-9-8-13-11(14-10(9)16-2)15-6-4-12-5-7-15/h8,12H,3-7H2,1-2H3. The van der Waals surface area contributed by atoms with Crippen molar-refractivity contribution in [2.24, 2.45) is 0 Å². The molecular weight excluding hydrogens is 220 g/mol. The van der Waals surface area contributed by atoms with Gasteiger partial charge in [0.2, 0.25) is 5.95 Å². The van der Waals surface area contributed by atoms with Gasteiger partial charge in [-0.25, -0.2) is 9.97 Å². The molecular formula is C11H18N4S. The molecule has 0 atom stereocenters. The molecule has 16 heavy (non-hydrogen) atoms. The van der Waals surface area contributed by atoms with Gasteiger partial charge in [-0.15, -0.1) is 11.8 Å². The number of piperazine rings is 1. The highest BCUT2D eigenvalue weighted by molar-refractivity contribution is 7.98. The van der Waals surface area contributed by atoms with Crippen molar-refractivity contribution in [2.45, 2.75) is 18.4 Å². The SMILES string of the molecule is CCc1cnc(N2CCNCC2)nc1SC. The van der Waals surface area contributed by atoms with Crippen LogP contribution in [0.3, 0.4) is 0 Å². The number of hydrogen-bond acceptors (Lipinski definition) is 5. The smallest absolute Gasteiger partial charge is 0.226 e. The Hall–Kier alpha value is -0.810. The first kappa shape index (κ1) is 11.7. The molecule has 1 aliphatic rings. The van der Waals surface area contributed by atoms with E-state index in [0.29, 0.717) is 0 Å². The minimum absolute atomic E-state index is 0.878. The van der Waals surface area contributed by atoms with Crippen LogP contribution in [0, 0.1) is 0 Å². The molecule has 1 aromatic rings. The maximum atomic E-state index is 4.64. The maximum Gasteiger partial charge on any atom is 0.226 e. The van der Waals surface area contributed by atoms with Crippen LogP contribution >= 0.6 is 11.8 Å². The zero-order chi connectivity index (χ0) is 11.4. The summed E-state index contributed by atoms with van der Waals surface area (Å²) in [6, 6.07) is 0. The Bertz CT molecular complexity index is 350. The average Bonchev–Trinajstić information content (AvgIpc) is 2.39. The summed E-state index contributed by atoms with van der Waals surface area (Å²) >= 11 is 1.70. The van der Waals surface area contributed by atoms with Crippen LogP contribution in [0.15, 0.2) is 11.2 Å². The fourth-order valence-electron chi connectivity index (χ4n) is 1.82. The van der Waals surface area contributed by atoms with Crippen molar-refractivity contribution in [3.05, 3.63) is 11.8 Å². The van der Waals surface area contributed by atoms with Gasteiger partial charge in [-0.05, 0) is 12.7 Å². The molecule has 1 aromatic heterocycles. The second-order valence-corrected chi connectivity index (χ2v) is 4.59. The van der Waals surface area contributed by atoms with Crippen molar-refractivity contribution in [1.29, 1.82) is 0 Å². The molecule has 0 bridgehead atoms. The molecule has 0 unspecified atom stereocenters. The quantitative estimate of drug-likeness (QED) is 0.632. The minimum atomic E-state index is 0.878. The van der Waals surface area contributed by atoms with Gasteiger partial charge in [0.25, 0.3) is 0 Å². The Balaban J connectivity index is 2.20. The Morgan fingerprint density at radius 3 is 2.81 bits per heavy atom. The van der Waals surface area contributed by atoms with Crippen LogP contribution in [-0.4, -0.2) is 42.4 Å². The van der Waals surface area contributed by atoms with Crippen LogP contribution in [-0.2, 0) is 6.42 Å². The monoisotopic (exact) mass is 238 g/mol. The van der Waals surface area contributed by atoms with Crippen LogP contribution < -0.4 is 10.2 Å². The molecule has 0 aliphatic carbocycles. The highest BCUT2D eigenvalue weighted by Crippen LogP contribution is 2.20. The van der Waals surface area contributed by atoms with Crippen molar-refractivity contribution < 1.29 is 0 Å². The van der Waals surface area contributed by atoms with Crippen molar-refractivity contribution >= 4 is 17.7 Å². The highest BCUT2D eigenvalue weighted by Gasteiger charge is 2.14. The lowest BCUT2D eigenvalue weighted by Crippen LogP contribution is -2.44. The molecule has 0 saturated carbocycles. The Morgan fingerprint density at radius 2 is 2.19 bits per heavy atom. The molecule has 0 spiro atoms. The maximum absolute atomic E-state index is 4.64. The summed E-state index contributed by atoms with van der Waals surface area (Å²) in [4.78, 5) is 11.3. The lowest BCUT2D eigenvalue weighted by Gasteiger charge is -2.27.